The molecule has 1 aliphatic rings. The summed E-state index contributed by atoms with van der Waals surface area (Å²) in [5.74, 6) is 0.0283. The van der Waals surface area contributed by atoms with Crippen LogP contribution in [-0.2, 0) is 14.3 Å². The zero-order chi connectivity index (χ0) is 18.7. The highest BCUT2D eigenvalue weighted by molar-refractivity contribution is 6.23. The Morgan fingerprint density at radius 3 is 2.27 bits per heavy atom. The Labute approximate surface area is 152 Å². The Kier molecular flexibility index (Phi) is 4.91. The van der Waals surface area contributed by atoms with Crippen molar-refractivity contribution in [3.63, 3.8) is 0 Å². The molecule has 2 aromatic rings. The number of β-lactam (4-membered cyclic amide) rings is 1. The molecule has 0 aliphatic carbocycles. The molecular formula is C21H21NO4. The molecule has 26 heavy (non-hydrogen) atoms. The molecule has 5 nitrogen and oxygen atoms in total. The lowest BCUT2D eigenvalue weighted by atomic mass is 9.77. The van der Waals surface area contributed by atoms with Gasteiger partial charge in [-0.05, 0) is 36.8 Å². The number of ketones is 1. The Bertz CT molecular complexity index is 829. The Hall–Kier alpha value is -2.92. The molecule has 1 heterocycles. The van der Waals surface area contributed by atoms with E-state index in [0.717, 1.165) is 5.56 Å². The molecule has 1 fully saturated rings. The monoisotopic (exact) mass is 351 g/mol. The normalized spacial score (nSPS) is 22.3. The van der Waals surface area contributed by atoms with E-state index in [0.29, 0.717) is 11.4 Å². The van der Waals surface area contributed by atoms with Crippen LogP contribution < -0.4 is 9.64 Å². The number of Topliss-reactive ketones (excluding diaryl/α,β-unsaturated/α-hetero) is 1. The molecule has 134 valence electrons. The van der Waals surface area contributed by atoms with Crippen molar-refractivity contribution in [3.05, 3.63) is 66.2 Å². The van der Waals surface area contributed by atoms with Gasteiger partial charge in [0, 0.05) is 12.8 Å². The van der Waals surface area contributed by atoms with Crippen molar-refractivity contribution in [1.29, 1.82) is 0 Å². The van der Waals surface area contributed by atoms with Crippen LogP contribution >= 0.6 is 0 Å². The van der Waals surface area contributed by atoms with Gasteiger partial charge in [0.15, 0.2) is 5.78 Å². The van der Waals surface area contributed by atoms with Crippen LogP contribution in [-0.4, -0.2) is 37.6 Å². The van der Waals surface area contributed by atoms with Gasteiger partial charge in [0.2, 0.25) is 5.60 Å². The van der Waals surface area contributed by atoms with Crippen LogP contribution in [0.25, 0.3) is 6.08 Å². The minimum Gasteiger partial charge on any atom is -0.497 e. The predicted molar refractivity (Wildman–Crippen MR) is 100 cm³/mol. The number of hydrogen-bond acceptors (Lipinski definition) is 4. The highest BCUT2D eigenvalue weighted by atomic mass is 16.5. The molecule has 3 rings (SSSR count). The summed E-state index contributed by atoms with van der Waals surface area (Å²) in [7, 11) is 2.98. The maximum Gasteiger partial charge on any atom is 0.270 e. The quantitative estimate of drug-likeness (QED) is 0.593. The molecule has 2 aromatic carbocycles. The smallest absolute Gasteiger partial charge is 0.270 e. The Balaban J connectivity index is 1.98. The van der Waals surface area contributed by atoms with Crippen molar-refractivity contribution < 1.29 is 19.1 Å². The second-order valence-corrected chi connectivity index (χ2v) is 6.08. The second-order valence-electron chi connectivity index (χ2n) is 6.08. The van der Waals surface area contributed by atoms with Crippen LogP contribution in [0.4, 0.5) is 5.69 Å². The molecule has 0 N–H and O–H groups in total. The van der Waals surface area contributed by atoms with Crippen LogP contribution in [0.2, 0.25) is 0 Å². The molecular weight excluding hydrogens is 330 g/mol. The predicted octanol–water partition coefficient (Wildman–Crippen LogP) is 3.10. The number of carbonyl (C=O) groups is 2. The van der Waals surface area contributed by atoms with Crippen molar-refractivity contribution in [2.45, 2.75) is 18.6 Å². The minimum absolute atomic E-state index is 0.308. The van der Waals surface area contributed by atoms with Gasteiger partial charge in [0.25, 0.3) is 5.91 Å². The molecule has 5 heteroatoms. The van der Waals surface area contributed by atoms with E-state index in [1.165, 1.54) is 14.0 Å². The highest BCUT2D eigenvalue weighted by Gasteiger charge is 2.64. The third-order valence-corrected chi connectivity index (χ3v) is 4.70. The van der Waals surface area contributed by atoms with Gasteiger partial charge >= 0.3 is 0 Å². The lowest BCUT2D eigenvalue weighted by Gasteiger charge is -2.52. The summed E-state index contributed by atoms with van der Waals surface area (Å²) in [4.78, 5) is 26.7. The molecule has 0 spiro atoms. The van der Waals surface area contributed by atoms with Crippen molar-refractivity contribution in [3.8, 4) is 5.75 Å². The van der Waals surface area contributed by atoms with Crippen LogP contribution in [0.1, 0.15) is 12.5 Å². The van der Waals surface area contributed by atoms with E-state index >= 15 is 0 Å². The third kappa shape index (κ3) is 2.80. The maximum atomic E-state index is 12.8. The fourth-order valence-electron chi connectivity index (χ4n) is 3.27. The van der Waals surface area contributed by atoms with Gasteiger partial charge in [-0.25, -0.2) is 0 Å². The zero-order valence-electron chi connectivity index (χ0n) is 15.0. The number of anilines is 1. The van der Waals surface area contributed by atoms with Gasteiger partial charge in [0.1, 0.15) is 11.8 Å². The van der Waals surface area contributed by atoms with Gasteiger partial charge in [-0.15, -0.1) is 0 Å². The third-order valence-electron chi connectivity index (χ3n) is 4.70. The standard InChI is InChI=1S/C21H21NO4/c1-15(23)21(26-3)19(14-9-16-7-5-4-6-8-16)22(20(21)24)17-10-12-18(25-2)13-11-17/h4-14,19H,1-3H3/b14-9+/t19?,21-/m0/s1. The number of rotatable bonds is 6. The maximum absolute atomic E-state index is 12.8. The van der Waals surface area contributed by atoms with Crippen LogP contribution in [0.5, 0.6) is 5.75 Å². The van der Waals surface area contributed by atoms with Crippen LogP contribution in [0.3, 0.4) is 0 Å². The van der Waals surface area contributed by atoms with Crippen molar-refractivity contribution in [2.75, 3.05) is 19.1 Å². The summed E-state index contributed by atoms with van der Waals surface area (Å²) in [6, 6.07) is 16.3. The van der Waals surface area contributed by atoms with E-state index < -0.39 is 11.6 Å². The molecule has 0 saturated carbocycles. The fraction of sp³-hybridized carbons (Fsp3) is 0.238. The number of carbonyl (C=O) groups excluding carboxylic acids is 2. The van der Waals surface area contributed by atoms with Crippen molar-refractivity contribution >= 4 is 23.5 Å². The molecule has 1 saturated heterocycles. The summed E-state index contributed by atoms with van der Waals surface area (Å²) >= 11 is 0. The second kappa shape index (κ2) is 7.14. The number of nitrogens with zero attached hydrogens (tertiary/aromatic N) is 1. The molecule has 1 unspecified atom stereocenters. The van der Waals surface area contributed by atoms with Gasteiger partial charge in [-0.1, -0.05) is 42.5 Å². The van der Waals surface area contributed by atoms with Crippen LogP contribution in [0.15, 0.2) is 60.7 Å². The lowest BCUT2D eigenvalue weighted by Crippen LogP contribution is -2.77. The first-order valence-electron chi connectivity index (χ1n) is 8.31. The van der Waals surface area contributed by atoms with E-state index in [-0.39, 0.29) is 11.7 Å². The summed E-state index contributed by atoms with van der Waals surface area (Å²) in [5, 5.41) is 0. The molecule has 2 atom stereocenters. The molecule has 0 radical (unpaired) electrons. The summed E-state index contributed by atoms with van der Waals surface area (Å²) in [6.07, 6.45) is 3.73. The van der Waals surface area contributed by atoms with Crippen LogP contribution in [0, 0.1) is 0 Å². The molecule has 1 aliphatic heterocycles. The number of hydrogen-bond donors (Lipinski definition) is 0. The van der Waals surface area contributed by atoms with E-state index in [4.69, 9.17) is 9.47 Å². The SMILES string of the molecule is COc1ccc(N2C(=O)[C@](OC)(C(C)=O)C2/C=C/c2ccccc2)cc1. The number of ether oxygens (including phenoxy) is 2. The van der Waals surface area contributed by atoms with Gasteiger partial charge in [-0.3, -0.25) is 14.5 Å². The average molecular weight is 351 g/mol. The topological polar surface area (TPSA) is 55.8 Å². The van der Waals surface area contributed by atoms with Gasteiger partial charge < -0.3 is 9.47 Å². The first-order valence-corrected chi connectivity index (χ1v) is 8.31. The van der Waals surface area contributed by atoms with Gasteiger partial charge in [-0.2, -0.15) is 0 Å². The minimum atomic E-state index is -1.48. The highest BCUT2D eigenvalue weighted by Crippen LogP contribution is 2.40. The average Bonchev–Trinajstić information content (AvgIpc) is 2.66. The van der Waals surface area contributed by atoms with Crippen molar-refractivity contribution in [2.24, 2.45) is 0 Å². The zero-order valence-corrected chi connectivity index (χ0v) is 15.0. The van der Waals surface area contributed by atoms with E-state index in [1.807, 2.05) is 42.5 Å². The molecule has 1 amide bonds. The molecule has 0 bridgehead atoms. The largest absolute Gasteiger partial charge is 0.497 e. The summed E-state index contributed by atoms with van der Waals surface area (Å²) in [5.41, 5.74) is 0.188. The lowest BCUT2D eigenvalue weighted by molar-refractivity contribution is -0.164. The summed E-state index contributed by atoms with van der Waals surface area (Å²) < 4.78 is 10.6. The van der Waals surface area contributed by atoms with Crippen molar-refractivity contribution in [1.82, 2.24) is 0 Å². The first kappa shape index (κ1) is 17.9. The first-order chi connectivity index (χ1) is 12.5. The van der Waals surface area contributed by atoms with E-state index in [2.05, 4.69) is 0 Å². The Morgan fingerprint density at radius 2 is 1.73 bits per heavy atom. The number of methoxy groups -OCH3 is 2. The van der Waals surface area contributed by atoms with E-state index in [1.54, 1.807) is 36.3 Å². The molecule has 0 aromatic heterocycles. The summed E-state index contributed by atoms with van der Waals surface area (Å²) in [6.45, 7) is 1.39. The van der Waals surface area contributed by atoms with Gasteiger partial charge in [0.05, 0.1) is 7.11 Å². The Morgan fingerprint density at radius 1 is 1.08 bits per heavy atom. The number of benzene rings is 2. The fourth-order valence-corrected chi connectivity index (χ4v) is 3.27. The van der Waals surface area contributed by atoms with E-state index in [9.17, 15) is 9.59 Å². The number of amides is 1.